The SMILES string of the molecule is CC(=O)O.N[C@@H](Cc1c[nH]c2ccccc12)C(=O)N[C@@H](CO)C(=O)N[C@@H](Cc1ccc(O)cc1)C(=O)O. The number of carboxylic acid groups (broad SMARTS) is 2. The van der Waals surface area contributed by atoms with E-state index in [4.69, 9.17) is 15.6 Å². The van der Waals surface area contributed by atoms with Crippen LogP contribution in [0.25, 0.3) is 10.9 Å². The number of carbonyl (C=O) groups is 4. The number of aliphatic hydroxyl groups is 1. The number of aromatic hydroxyl groups is 1. The Labute approximate surface area is 212 Å². The lowest BCUT2D eigenvalue weighted by molar-refractivity contribution is -0.142. The Kier molecular flexibility index (Phi) is 10.6. The maximum atomic E-state index is 12.5. The van der Waals surface area contributed by atoms with E-state index in [1.165, 1.54) is 24.3 Å². The van der Waals surface area contributed by atoms with Gasteiger partial charge in [0, 0.05) is 30.4 Å². The number of phenolic OH excluding ortho intramolecular Hbond substituents is 1. The molecule has 1 heterocycles. The molecule has 9 N–H and O–H groups in total. The van der Waals surface area contributed by atoms with Crippen molar-refractivity contribution in [1.82, 2.24) is 15.6 Å². The summed E-state index contributed by atoms with van der Waals surface area (Å²) in [4.78, 5) is 48.8. The molecule has 3 rings (SSSR count). The Morgan fingerprint density at radius 2 is 1.51 bits per heavy atom. The topological polar surface area (TPSA) is 215 Å². The molecule has 0 saturated carbocycles. The van der Waals surface area contributed by atoms with Crippen LogP contribution in [-0.4, -0.2) is 73.9 Å². The highest BCUT2D eigenvalue weighted by Gasteiger charge is 2.28. The fourth-order valence-electron chi connectivity index (χ4n) is 3.44. The maximum absolute atomic E-state index is 12.5. The molecule has 0 aliphatic heterocycles. The van der Waals surface area contributed by atoms with E-state index >= 15 is 0 Å². The van der Waals surface area contributed by atoms with Gasteiger partial charge in [-0.15, -0.1) is 0 Å². The van der Waals surface area contributed by atoms with E-state index in [0.29, 0.717) is 5.56 Å². The summed E-state index contributed by atoms with van der Waals surface area (Å²) in [5.41, 5.74) is 8.32. The summed E-state index contributed by atoms with van der Waals surface area (Å²) in [6.45, 7) is 0.350. The summed E-state index contributed by atoms with van der Waals surface area (Å²) in [6, 6.07) is 9.77. The molecule has 0 unspecified atom stereocenters. The van der Waals surface area contributed by atoms with Crippen molar-refractivity contribution in [1.29, 1.82) is 0 Å². The molecule has 2 aromatic carbocycles. The minimum absolute atomic E-state index is 0.0293. The molecule has 0 radical (unpaired) electrons. The van der Waals surface area contributed by atoms with Gasteiger partial charge in [0.1, 0.15) is 17.8 Å². The van der Waals surface area contributed by atoms with Crippen LogP contribution in [0.5, 0.6) is 5.75 Å². The zero-order valence-corrected chi connectivity index (χ0v) is 20.0. The van der Waals surface area contributed by atoms with Crippen LogP contribution >= 0.6 is 0 Å². The lowest BCUT2D eigenvalue weighted by Gasteiger charge is -2.21. The van der Waals surface area contributed by atoms with Crippen LogP contribution in [-0.2, 0) is 32.0 Å². The highest BCUT2D eigenvalue weighted by atomic mass is 16.4. The van der Waals surface area contributed by atoms with Crippen molar-refractivity contribution in [2.24, 2.45) is 5.73 Å². The molecule has 2 amide bonds. The summed E-state index contributed by atoms with van der Waals surface area (Å²) in [5.74, 6) is -3.59. The number of phenols is 1. The summed E-state index contributed by atoms with van der Waals surface area (Å²) >= 11 is 0. The van der Waals surface area contributed by atoms with Crippen molar-refractivity contribution >= 4 is 34.7 Å². The van der Waals surface area contributed by atoms with Crippen LogP contribution < -0.4 is 16.4 Å². The Morgan fingerprint density at radius 3 is 2.11 bits per heavy atom. The number of aromatic amines is 1. The number of aliphatic carboxylic acids is 2. The molecule has 0 spiro atoms. The van der Waals surface area contributed by atoms with E-state index in [9.17, 15) is 29.7 Å². The average Bonchev–Trinajstić information content (AvgIpc) is 3.25. The number of rotatable bonds is 10. The van der Waals surface area contributed by atoms with Crippen LogP contribution in [0.15, 0.2) is 54.7 Å². The molecule has 12 nitrogen and oxygen atoms in total. The normalized spacial score (nSPS) is 12.9. The van der Waals surface area contributed by atoms with E-state index in [0.717, 1.165) is 23.4 Å². The van der Waals surface area contributed by atoms with Gasteiger partial charge < -0.3 is 41.8 Å². The number of H-pyrrole nitrogens is 1. The zero-order valence-electron chi connectivity index (χ0n) is 20.0. The van der Waals surface area contributed by atoms with Crippen LogP contribution in [0.2, 0.25) is 0 Å². The van der Waals surface area contributed by atoms with Gasteiger partial charge in [0.2, 0.25) is 11.8 Å². The second-order valence-electron chi connectivity index (χ2n) is 8.20. The number of hydrogen-bond acceptors (Lipinski definition) is 7. The smallest absolute Gasteiger partial charge is 0.326 e. The second-order valence-corrected chi connectivity index (χ2v) is 8.20. The molecule has 0 fully saturated rings. The van der Waals surface area contributed by atoms with Crippen LogP contribution in [0.3, 0.4) is 0 Å². The standard InChI is InChI=1S/C23H26N4O6.C2H4O2/c24-17(10-14-11-25-18-4-2-1-3-16(14)18)21(30)27-20(12-28)22(31)26-19(23(32)33)9-13-5-7-15(29)8-6-13;1-2(3)4/h1-8,11,17,19-20,25,28-29H,9-10,12,24H2,(H,26,31)(H,27,30)(H,32,33);1H3,(H,3,4)/t17-,19-,20-;/m0./s1. The quantitative estimate of drug-likeness (QED) is 0.184. The average molecular weight is 515 g/mol. The molecule has 0 aliphatic carbocycles. The van der Waals surface area contributed by atoms with E-state index in [1.807, 2.05) is 24.3 Å². The predicted octanol–water partition coefficient (Wildman–Crippen LogP) is 0.123. The van der Waals surface area contributed by atoms with Crippen molar-refractivity contribution in [3.63, 3.8) is 0 Å². The summed E-state index contributed by atoms with van der Waals surface area (Å²) in [6.07, 6.45) is 1.91. The van der Waals surface area contributed by atoms with E-state index in [-0.39, 0.29) is 18.6 Å². The molecule has 0 saturated heterocycles. The van der Waals surface area contributed by atoms with Crippen molar-refractivity contribution in [2.45, 2.75) is 37.9 Å². The molecular formula is C25H30N4O8. The van der Waals surface area contributed by atoms with Crippen molar-refractivity contribution < 1.29 is 39.6 Å². The molecule has 0 bridgehead atoms. The Balaban J connectivity index is 0.00000112. The first-order valence-corrected chi connectivity index (χ1v) is 11.2. The third kappa shape index (κ3) is 8.94. The largest absolute Gasteiger partial charge is 0.508 e. The number of carboxylic acids is 2. The van der Waals surface area contributed by atoms with Gasteiger partial charge in [0.25, 0.3) is 5.97 Å². The second kappa shape index (κ2) is 13.6. The van der Waals surface area contributed by atoms with Crippen LogP contribution in [0.4, 0.5) is 0 Å². The molecule has 1 aromatic heterocycles. The van der Waals surface area contributed by atoms with E-state index in [1.54, 1.807) is 6.20 Å². The summed E-state index contributed by atoms with van der Waals surface area (Å²) in [7, 11) is 0. The van der Waals surface area contributed by atoms with Crippen LogP contribution in [0.1, 0.15) is 18.1 Å². The number of fused-ring (bicyclic) bond motifs is 1. The monoisotopic (exact) mass is 514 g/mol. The van der Waals surface area contributed by atoms with Crippen molar-refractivity contribution in [3.8, 4) is 5.75 Å². The number of para-hydroxylation sites is 1. The lowest BCUT2D eigenvalue weighted by atomic mass is 10.0. The third-order valence-corrected chi connectivity index (χ3v) is 5.26. The number of aliphatic hydroxyl groups excluding tert-OH is 1. The van der Waals surface area contributed by atoms with Crippen LogP contribution in [0, 0.1) is 0 Å². The molecule has 3 atom stereocenters. The number of nitrogens with one attached hydrogen (secondary N) is 3. The van der Waals surface area contributed by atoms with Gasteiger partial charge in [-0.3, -0.25) is 14.4 Å². The molecule has 3 aromatic rings. The first kappa shape index (κ1) is 28.8. The van der Waals surface area contributed by atoms with Gasteiger partial charge in [0.15, 0.2) is 0 Å². The summed E-state index contributed by atoms with van der Waals surface area (Å²) < 4.78 is 0. The number of carbonyl (C=O) groups excluding carboxylic acids is 2. The number of hydrogen-bond donors (Lipinski definition) is 8. The van der Waals surface area contributed by atoms with E-state index in [2.05, 4.69) is 15.6 Å². The number of benzene rings is 2. The Bertz CT molecular complexity index is 1220. The number of amides is 2. The van der Waals surface area contributed by atoms with Gasteiger partial charge in [-0.25, -0.2) is 4.79 Å². The van der Waals surface area contributed by atoms with Crippen molar-refractivity contribution in [3.05, 3.63) is 65.9 Å². The first-order chi connectivity index (χ1) is 17.5. The Morgan fingerprint density at radius 1 is 0.919 bits per heavy atom. The highest BCUT2D eigenvalue weighted by molar-refractivity contribution is 5.92. The van der Waals surface area contributed by atoms with E-state index < -0.39 is 48.5 Å². The molecule has 37 heavy (non-hydrogen) atoms. The molecule has 0 aliphatic rings. The lowest BCUT2D eigenvalue weighted by Crippen LogP contribution is -2.56. The van der Waals surface area contributed by atoms with Crippen molar-refractivity contribution in [2.75, 3.05) is 6.61 Å². The van der Waals surface area contributed by atoms with Gasteiger partial charge >= 0.3 is 5.97 Å². The molecule has 12 heteroatoms. The molecule has 198 valence electrons. The minimum Gasteiger partial charge on any atom is -0.508 e. The predicted molar refractivity (Wildman–Crippen MR) is 134 cm³/mol. The first-order valence-electron chi connectivity index (χ1n) is 11.2. The fourth-order valence-corrected chi connectivity index (χ4v) is 3.44. The number of nitrogens with two attached hydrogens (primary N) is 1. The fraction of sp³-hybridized carbons (Fsp3) is 0.280. The summed E-state index contributed by atoms with van der Waals surface area (Å²) in [5, 5.41) is 41.4. The molecular weight excluding hydrogens is 484 g/mol. The zero-order chi connectivity index (χ0) is 27.5. The third-order valence-electron chi connectivity index (χ3n) is 5.26. The van der Waals surface area contributed by atoms with Gasteiger partial charge in [0.05, 0.1) is 12.6 Å². The maximum Gasteiger partial charge on any atom is 0.326 e. The number of aromatic nitrogens is 1. The minimum atomic E-state index is -1.37. The van der Waals surface area contributed by atoms with Gasteiger partial charge in [-0.1, -0.05) is 30.3 Å². The van der Waals surface area contributed by atoms with Gasteiger partial charge in [-0.2, -0.15) is 0 Å². The Hall–Kier alpha value is -4.42. The van der Waals surface area contributed by atoms with Gasteiger partial charge in [-0.05, 0) is 35.7 Å². The highest BCUT2D eigenvalue weighted by Crippen LogP contribution is 2.18.